The van der Waals surface area contributed by atoms with E-state index in [0.717, 1.165) is 11.1 Å². The number of nitro groups is 1. The molecule has 0 aromatic heterocycles. The number of nitro benzene ring substituents is 1. The summed E-state index contributed by atoms with van der Waals surface area (Å²) in [6.45, 7) is 0. The highest BCUT2D eigenvalue weighted by Crippen LogP contribution is 2.28. The van der Waals surface area contributed by atoms with Gasteiger partial charge in [-0.05, 0) is 23.8 Å². The van der Waals surface area contributed by atoms with Gasteiger partial charge in [-0.2, -0.15) is 0 Å². The zero-order valence-electron chi connectivity index (χ0n) is 12.7. The molecule has 24 heavy (non-hydrogen) atoms. The van der Waals surface area contributed by atoms with Crippen molar-refractivity contribution in [2.75, 3.05) is 5.32 Å². The van der Waals surface area contributed by atoms with Gasteiger partial charge in [-0.3, -0.25) is 14.9 Å². The fourth-order valence-corrected chi connectivity index (χ4v) is 2.39. The Bertz CT molecular complexity index is 875. The Morgan fingerprint density at radius 2 is 1.46 bits per heavy atom. The van der Waals surface area contributed by atoms with E-state index in [4.69, 9.17) is 0 Å². The topological polar surface area (TPSA) is 72.2 Å². The van der Waals surface area contributed by atoms with E-state index in [1.54, 1.807) is 0 Å². The van der Waals surface area contributed by atoms with Crippen LogP contribution >= 0.6 is 0 Å². The maximum Gasteiger partial charge on any atom is 0.269 e. The fraction of sp³-hybridized carbons (Fsp3) is 0. The normalized spacial score (nSPS) is 10.2. The molecule has 0 saturated heterocycles. The molecule has 118 valence electrons. The minimum Gasteiger partial charge on any atom is -0.321 e. The lowest BCUT2D eigenvalue weighted by atomic mass is 10.0. The van der Waals surface area contributed by atoms with E-state index < -0.39 is 4.92 Å². The largest absolute Gasteiger partial charge is 0.321 e. The van der Waals surface area contributed by atoms with Gasteiger partial charge in [0.2, 0.25) is 0 Å². The number of para-hydroxylation sites is 1. The molecule has 0 unspecified atom stereocenters. The molecule has 3 aromatic carbocycles. The zero-order chi connectivity index (χ0) is 16.9. The first-order chi connectivity index (χ1) is 11.6. The van der Waals surface area contributed by atoms with Gasteiger partial charge in [0.25, 0.3) is 11.6 Å². The number of carbonyl (C=O) groups excluding carboxylic acids is 1. The second-order valence-corrected chi connectivity index (χ2v) is 5.17. The van der Waals surface area contributed by atoms with Crippen LogP contribution in [0.2, 0.25) is 0 Å². The lowest BCUT2D eigenvalue weighted by molar-refractivity contribution is -0.384. The van der Waals surface area contributed by atoms with Crippen LogP contribution in [0.4, 0.5) is 11.4 Å². The smallest absolute Gasteiger partial charge is 0.269 e. The SMILES string of the molecule is O=C(Nc1ccccc1-c1ccccc1)c1ccc([N+](=O)[O-])cc1. The van der Waals surface area contributed by atoms with Crippen molar-refractivity contribution in [3.63, 3.8) is 0 Å². The number of hydrogen-bond acceptors (Lipinski definition) is 3. The highest BCUT2D eigenvalue weighted by atomic mass is 16.6. The molecule has 3 rings (SSSR count). The van der Waals surface area contributed by atoms with Crippen molar-refractivity contribution in [3.05, 3.63) is 94.5 Å². The minimum absolute atomic E-state index is 0.0452. The molecule has 5 heteroatoms. The van der Waals surface area contributed by atoms with Crippen LogP contribution in [0.15, 0.2) is 78.9 Å². The monoisotopic (exact) mass is 318 g/mol. The third-order valence-corrected chi connectivity index (χ3v) is 3.60. The number of benzene rings is 3. The number of nitrogens with zero attached hydrogens (tertiary/aromatic N) is 1. The number of nitrogens with one attached hydrogen (secondary N) is 1. The number of carbonyl (C=O) groups is 1. The quantitative estimate of drug-likeness (QED) is 0.568. The standard InChI is InChI=1S/C19H14N2O3/c22-19(15-10-12-16(13-11-15)21(23)24)20-18-9-5-4-8-17(18)14-6-2-1-3-7-14/h1-13H,(H,20,22). The summed E-state index contributed by atoms with van der Waals surface area (Å²) in [5, 5.41) is 13.5. The van der Waals surface area contributed by atoms with Crippen LogP contribution in [0.25, 0.3) is 11.1 Å². The Morgan fingerprint density at radius 1 is 0.833 bits per heavy atom. The summed E-state index contributed by atoms with van der Waals surface area (Å²) in [6.07, 6.45) is 0. The average molecular weight is 318 g/mol. The number of rotatable bonds is 4. The van der Waals surface area contributed by atoms with Gasteiger partial charge in [0.05, 0.1) is 4.92 Å². The first-order valence-corrected chi connectivity index (χ1v) is 7.35. The van der Waals surface area contributed by atoms with Crippen molar-refractivity contribution in [3.8, 4) is 11.1 Å². The van der Waals surface area contributed by atoms with Gasteiger partial charge in [0, 0.05) is 28.9 Å². The fourth-order valence-electron chi connectivity index (χ4n) is 2.39. The Balaban J connectivity index is 1.86. The molecule has 0 spiro atoms. The van der Waals surface area contributed by atoms with Gasteiger partial charge in [-0.1, -0.05) is 48.5 Å². The van der Waals surface area contributed by atoms with Gasteiger partial charge in [-0.15, -0.1) is 0 Å². The first kappa shape index (κ1) is 15.4. The zero-order valence-corrected chi connectivity index (χ0v) is 12.7. The molecule has 5 nitrogen and oxygen atoms in total. The number of amides is 1. The molecule has 0 aliphatic rings. The van der Waals surface area contributed by atoms with Crippen molar-refractivity contribution in [1.29, 1.82) is 0 Å². The summed E-state index contributed by atoms with van der Waals surface area (Å²) in [7, 11) is 0. The Kier molecular flexibility index (Phi) is 4.34. The molecule has 0 bridgehead atoms. The van der Waals surface area contributed by atoms with E-state index >= 15 is 0 Å². The Labute approximate surface area is 138 Å². The van der Waals surface area contributed by atoms with Gasteiger partial charge in [-0.25, -0.2) is 0 Å². The maximum atomic E-state index is 12.4. The Morgan fingerprint density at radius 3 is 2.12 bits per heavy atom. The molecule has 0 fully saturated rings. The molecule has 1 N–H and O–H groups in total. The highest BCUT2D eigenvalue weighted by Gasteiger charge is 2.12. The number of non-ortho nitro benzene ring substituents is 1. The van der Waals surface area contributed by atoms with E-state index in [9.17, 15) is 14.9 Å². The summed E-state index contributed by atoms with van der Waals surface area (Å²) in [5.41, 5.74) is 2.91. The number of anilines is 1. The summed E-state index contributed by atoms with van der Waals surface area (Å²) in [5.74, 6) is -0.312. The minimum atomic E-state index is -0.494. The second-order valence-electron chi connectivity index (χ2n) is 5.17. The first-order valence-electron chi connectivity index (χ1n) is 7.35. The van der Waals surface area contributed by atoms with Crippen LogP contribution in [0.1, 0.15) is 10.4 Å². The van der Waals surface area contributed by atoms with E-state index in [-0.39, 0.29) is 11.6 Å². The molecule has 0 aliphatic carbocycles. The van der Waals surface area contributed by atoms with Crippen LogP contribution < -0.4 is 5.32 Å². The predicted octanol–water partition coefficient (Wildman–Crippen LogP) is 4.51. The van der Waals surface area contributed by atoms with Gasteiger partial charge in [0.1, 0.15) is 0 Å². The number of hydrogen-bond donors (Lipinski definition) is 1. The summed E-state index contributed by atoms with van der Waals surface area (Å²) >= 11 is 0. The molecule has 0 atom stereocenters. The van der Waals surface area contributed by atoms with Crippen molar-refractivity contribution >= 4 is 17.3 Å². The van der Waals surface area contributed by atoms with Crippen LogP contribution in [-0.2, 0) is 0 Å². The van der Waals surface area contributed by atoms with Crippen molar-refractivity contribution in [2.24, 2.45) is 0 Å². The van der Waals surface area contributed by atoms with Crippen molar-refractivity contribution < 1.29 is 9.72 Å². The molecular formula is C19H14N2O3. The van der Waals surface area contributed by atoms with E-state index in [2.05, 4.69) is 5.32 Å². The summed E-state index contributed by atoms with van der Waals surface area (Å²) in [6, 6.07) is 22.8. The maximum absolute atomic E-state index is 12.4. The summed E-state index contributed by atoms with van der Waals surface area (Å²) in [4.78, 5) is 22.6. The van der Waals surface area contributed by atoms with Crippen LogP contribution in [0.5, 0.6) is 0 Å². The second kappa shape index (κ2) is 6.75. The van der Waals surface area contributed by atoms with Crippen LogP contribution in [-0.4, -0.2) is 10.8 Å². The van der Waals surface area contributed by atoms with Crippen molar-refractivity contribution in [2.45, 2.75) is 0 Å². The van der Waals surface area contributed by atoms with Crippen LogP contribution in [0, 0.1) is 10.1 Å². The van der Waals surface area contributed by atoms with E-state index in [1.807, 2.05) is 54.6 Å². The molecule has 0 saturated carbocycles. The molecular weight excluding hydrogens is 304 g/mol. The summed E-state index contributed by atoms with van der Waals surface area (Å²) < 4.78 is 0. The Hall–Kier alpha value is -3.47. The predicted molar refractivity (Wildman–Crippen MR) is 92.9 cm³/mol. The molecule has 0 aliphatic heterocycles. The lowest BCUT2D eigenvalue weighted by Gasteiger charge is -2.11. The third kappa shape index (κ3) is 3.30. The van der Waals surface area contributed by atoms with Gasteiger partial charge in [0.15, 0.2) is 0 Å². The van der Waals surface area contributed by atoms with Crippen molar-refractivity contribution in [1.82, 2.24) is 0 Å². The lowest BCUT2D eigenvalue weighted by Crippen LogP contribution is -2.12. The van der Waals surface area contributed by atoms with Crippen LogP contribution in [0.3, 0.4) is 0 Å². The molecule has 0 heterocycles. The molecule has 0 radical (unpaired) electrons. The van der Waals surface area contributed by atoms with E-state index in [1.165, 1.54) is 24.3 Å². The molecule has 1 amide bonds. The van der Waals surface area contributed by atoms with Gasteiger partial charge >= 0.3 is 0 Å². The van der Waals surface area contributed by atoms with Gasteiger partial charge < -0.3 is 5.32 Å². The molecule has 3 aromatic rings. The van der Waals surface area contributed by atoms with E-state index in [0.29, 0.717) is 11.3 Å². The average Bonchev–Trinajstić information content (AvgIpc) is 2.63. The highest BCUT2D eigenvalue weighted by molar-refractivity contribution is 6.06. The third-order valence-electron chi connectivity index (χ3n) is 3.60.